The van der Waals surface area contributed by atoms with E-state index >= 15 is 0 Å². The first-order chi connectivity index (χ1) is 13.6. The van der Waals surface area contributed by atoms with Crippen LogP contribution in [0.5, 0.6) is 0 Å². The van der Waals surface area contributed by atoms with Crippen LogP contribution in [0.25, 0.3) is 11.4 Å². The average Bonchev–Trinajstić information content (AvgIpc) is 3.11. The number of carbonyl (C=O) groups excluding carboxylic acids is 1. The molecule has 5 rings (SSSR count). The minimum absolute atomic E-state index is 0.155. The van der Waals surface area contributed by atoms with Crippen molar-refractivity contribution in [1.29, 1.82) is 0 Å². The Morgan fingerprint density at radius 2 is 1.64 bits per heavy atom. The molecule has 7 heteroatoms. The van der Waals surface area contributed by atoms with Gasteiger partial charge in [-0.3, -0.25) is 4.79 Å². The Morgan fingerprint density at radius 3 is 2.36 bits per heavy atom. The van der Waals surface area contributed by atoms with Gasteiger partial charge in [-0.1, -0.05) is 35.3 Å². The van der Waals surface area contributed by atoms with E-state index < -0.39 is 0 Å². The Labute approximate surface area is 172 Å². The number of fused-ring (bicyclic) bond motifs is 1. The van der Waals surface area contributed by atoms with Crippen LogP contribution in [-0.2, 0) is 4.79 Å². The smallest absolute Gasteiger partial charge is 0.226 e. The Morgan fingerprint density at radius 1 is 0.964 bits per heavy atom. The van der Waals surface area contributed by atoms with Crippen molar-refractivity contribution in [3.05, 3.63) is 75.4 Å². The van der Waals surface area contributed by atoms with Gasteiger partial charge in [-0.2, -0.15) is 4.98 Å². The molecule has 28 heavy (non-hydrogen) atoms. The molecule has 0 saturated heterocycles. The summed E-state index contributed by atoms with van der Waals surface area (Å²) in [5.74, 6) is 1.38. The first kappa shape index (κ1) is 17.5. The Hall–Kier alpha value is -2.63. The molecule has 140 valence electrons. The van der Waals surface area contributed by atoms with Crippen molar-refractivity contribution in [1.82, 2.24) is 14.8 Å². The third-order valence-electron chi connectivity index (χ3n) is 5.16. The minimum Gasteiger partial charge on any atom is -0.328 e. The number of nitrogens with zero attached hydrogens (tertiary/aromatic N) is 3. The number of hydrogen-bond acceptors (Lipinski definition) is 4. The number of ketones is 1. The van der Waals surface area contributed by atoms with Crippen molar-refractivity contribution in [3.8, 4) is 11.4 Å². The third-order valence-corrected chi connectivity index (χ3v) is 5.66. The van der Waals surface area contributed by atoms with E-state index in [1.165, 1.54) is 0 Å². The van der Waals surface area contributed by atoms with Crippen LogP contribution in [0.3, 0.4) is 0 Å². The van der Waals surface area contributed by atoms with Crippen LogP contribution in [0.1, 0.15) is 30.9 Å². The van der Waals surface area contributed by atoms with Gasteiger partial charge in [0.1, 0.15) is 6.04 Å². The first-order valence-electron chi connectivity index (χ1n) is 9.11. The summed E-state index contributed by atoms with van der Waals surface area (Å²) in [6, 6.07) is 14.6. The highest BCUT2D eigenvalue weighted by atomic mass is 35.5. The lowest BCUT2D eigenvalue weighted by atomic mass is 9.85. The molecule has 0 amide bonds. The minimum atomic E-state index is -0.315. The molecule has 1 aromatic heterocycles. The zero-order chi connectivity index (χ0) is 19.3. The van der Waals surface area contributed by atoms with Crippen LogP contribution in [0, 0.1) is 0 Å². The molecule has 1 atom stereocenters. The summed E-state index contributed by atoms with van der Waals surface area (Å²) in [5, 5.41) is 9.39. The molecular formula is C21H16Cl2N4O. The number of Topliss-reactive ketones (excluding diaryl/α,β-unsaturated/α-hetero) is 1. The number of halogens is 2. The number of benzene rings is 2. The van der Waals surface area contributed by atoms with E-state index in [0.717, 1.165) is 35.2 Å². The van der Waals surface area contributed by atoms with Gasteiger partial charge < -0.3 is 5.32 Å². The Bertz CT molecular complexity index is 1100. The Kier molecular flexibility index (Phi) is 4.22. The van der Waals surface area contributed by atoms with Gasteiger partial charge in [-0.25, -0.2) is 4.68 Å². The van der Waals surface area contributed by atoms with Gasteiger partial charge in [0.05, 0.1) is 0 Å². The number of nitrogens with one attached hydrogen (secondary N) is 1. The van der Waals surface area contributed by atoms with Gasteiger partial charge in [0.25, 0.3) is 0 Å². The fourth-order valence-corrected chi connectivity index (χ4v) is 4.08. The number of rotatable bonds is 2. The summed E-state index contributed by atoms with van der Waals surface area (Å²) < 4.78 is 1.80. The van der Waals surface area contributed by atoms with Crippen LogP contribution in [-0.4, -0.2) is 20.5 Å². The maximum absolute atomic E-state index is 12.8. The molecule has 0 unspecified atom stereocenters. The lowest BCUT2D eigenvalue weighted by Gasteiger charge is -2.32. The molecule has 0 fully saturated rings. The second-order valence-electron chi connectivity index (χ2n) is 6.96. The number of allylic oxidation sites excluding steroid dienone is 2. The second-order valence-corrected chi connectivity index (χ2v) is 7.83. The van der Waals surface area contributed by atoms with Crippen molar-refractivity contribution in [2.75, 3.05) is 5.32 Å². The van der Waals surface area contributed by atoms with Crippen molar-refractivity contribution in [2.45, 2.75) is 25.3 Å². The third kappa shape index (κ3) is 2.91. The first-order valence-corrected chi connectivity index (χ1v) is 9.87. The number of hydrogen-bond donors (Lipinski definition) is 1. The molecule has 2 heterocycles. The quantitative estimate of drug-likeness (QED) is 0.624. The van der Waals surface area contributed by atoms with Crippen LogP contribution >= 0.6 is 23.2 Å². The van der Waals surface area contributed by atoms with Gasteiger partial charge >= 0.3 is 0 Å². The summed E-state index contributed by atoms with van der Waals surface area (Å²) in [7, 11) is 0. The molecule has 0 spiro atoms. The molecule has 3 aromatic rings. The van der Waals surface area contributed by atoms with E-state index in [9.17, 15) is 4.79 Å². The van der Waals surface area contributed by atoms with E-state index in [1.54, 1.807) is 4.68 Å². The lowest BCUT2D eigenvalue weighted by molar-refractivity contribution is -0.116. The van der Waals surface area contributed by atoms with E-state index in [1.807, 2.05) is 48.5 Å². The highest BCUT2D eigenvalue weighted by Gasteiger charge is 2.36. The summed E-state index contributed by atoms with van der Waals surface area (Å²) in [6.07, 6.45) is 2.23. The molecule has 0 saturated carbocycles. The van der Waals surface area contributed by atoms with Gasteiger partial charge in [0.2, 0.25) is 5.95 Å². The fourth-order valence-electron chi connectivity index (χ4n) is 3.83. The number of anilines is 1. The maximum Gasteiger partial charge on any atom is 0.226 e. The van der Waals surface area contributed by atoms with E-state index in [2.05, 4.69) is 10.3 Å². The summed E-state index contributed by atoms with van der Waals surface area (Å²) >= 11 is 12.1. The molecule has 0 radical (unpaired) electrons. The van der Waals surface area contributed by atoms with Gasteiger partial charge in [0.15, 0.2) is 11.6 Å². The SMILES string of the molecule is O=C1CCCC2=C1[C@H](c1ccc(Cl)cc1)n1nc(-c3ccc(Cl)cc3)nc1N2. The largest absolute Gasteiger partial charge is 0.328 e. The monoisotopic (exact) mass is 410 g/mol. The zero-order valence-electron chi connectivity index (χ0n) is 14.8. The predicted octanol–water partition coefficient (Wildman–Crippen LogP) is 5.27. The summed E-state index contributed by atoms with van der Waals surface area (Å²) in [4.78, 5) is 17.5. The van der Waals surface area contributed by atoms with E-state index in [4.69, 9.17) is 28.3 Å². The fraction of sp³-hybridized carbons (Fsp3) is 0.190. The van der Waals surface area contributed by atoms with Crippen molar-refractivity contribution in [2.24, 2.45) is 0 Å². The van der Waals surface area contributed by atoms with Gasteiger partial charge in [0, 0.05) is 33.3 Å². The normalized spacial score (nSPS) is 18.5. The molecule has 1 N–H and O–H groups in total. The average molecular weight is 411 g/mol. The topological polar surface area (TPSA) is 59.8 Å². The van der Waals surface area contributed by atoms with Gasteiger partial charge in [-0.05, 0) is 54.8 Å². The summed E-state index contributed by atoms with van der Waals surface area (Å²) in [5.41, 5.74) is 3.54. The van der Waals surface area contributed by atoms with Crippen molar-refractivity contribution >= 4 is 34.9 Å². The lowest BCUT2D eigenvalue weighted by Crippen LogP contribution is -2.31. The van der Waals surface area contributed by atoms with Gasteiger partial charge in [-0.15, -0.1) is 5.10 Å². The predicted molar refractivity (Wildman–Crippen MR) is 110 cm³/mol. The maximum atomic E-state index is 12.8. The number of carbonyl (C=O) groups is 1. The summed E-state index contributed by atoms with van der Waals surface area (Å²) in [6.45, 7) is 0. The van der Waals surface area contributed by atoms with Crippen LogP contribution < -0.4 is 5.32 Å². The van der Waals surface area contributed by atoms with E-state index in [-0.39, 0.29) is 11.8 Å². The molecule has 2 aromatic carbocycles. The van der Waals surface area contributed by atoms with Crippen molar-refractivity contribution < 1.29 is 4.79 Å². The molecule has 0 bridgehead atoms. The van der Waals surface area contributed by atoms with Crippen LogP contribution in [0.4, 0.5) is 5.95 Å². The Balaban J connectivity index is 1.66. The molecule has 2 aliphatic rings. The molecule has 1 aliphatic carbocycles. The highest BCUT2D eigenvalue weighted by molar-refractivity contribution is 6.30. The van der Waals surface area contributed by atoms with E-state index in [0.29, 0.717) is 28.2 Å². The van der Waals surface area contributed by atoms with Crippen molar-refractivity contribution in [3.63, 3.8) is 0 Å². The zero-order valence-corrected chi connectivity index (χ0v) is 16.3. The molecule has 1 aliphatic heterocycles. The van der Waals surface area contributed by atoms with Crippen LogP contribution in [0.15, 0.2) is 59.8 Å². The molecular weight excluding hydrogens is 395 g/mol. The standard InChI is InChI=1S/C21H16Cl2N4O/c22-14-8-4-12(5-9-14)19-18-16(2-1-3-17(18)28)24-21-25-20(26-27(19)21)13-6-10-15(23)11-7-13/h4-11,19H,1-3H2,(H,24,25,26)/t19-/m0/s1. The molecule has 5 nitrogen and oxygen atoms in total. The van der Waals surface area contributed by atoms with Crippen LogP contribution in [0.2, 0.25) is 10.0 Å². The second kappa shape index (κ2) is 6.76. The highest BCUT2D eigenvalue weighted by Crippen LogP contribution is 2.40. The number of aromatic nitrogens is 3.